The Balaban J connectivity index is 1.88. The smallest absolute Gasteiger partial charge is 0.258 e. The molecule has 0 amide bonds. The number of aromatic nitrogens is 2. The van der Waals surface area contributed by atoms with Gasteiger partial charge < -0.3 is 0 Å². The van der Waals surface area contributed by atoms with Crippen molar-refractivity contribution in [2.75, 3.05) is 0 Å². The van der Waals surface area contributed by atoms with Crippen LogP contribution in [0, 0.1) is 0 Å². The average molecular weight is 349 g/mol. The van der Waals surface area contributed by atoms with Gasteiger partial charge in [-0.25, -0.2) is 13.4 Å². The van der Waals surface area contributed by atoms with Crippen LogP contribution in [0.4, 0.5) is 0 Å². The van der Waals surface area contributed by atoms with Crippen molar-refractivity contribution in [2.24, 2.45) is 0 Å². The highest BCUT2D eigenvalue weighted by Gasteiger charge is 2.15. The quantitative estimate of drug-likeness (QED) is 0.726. The molecule has 0 unspecified atom stereocenters. The summed E-state index contributed by atoms with van der Waals surface area (Å²) in [6.07, 6.45) is 1.59. The lowest BCUT2D eigenvalue weighted by atomic mass is 10.2. The van der Waals surface area contributed by atoms with Gasteiger partial charge in [0.05, 0.1) is 17.2 Å². The Morgan fingerprint density at radius 1 is 1.04 bits per heavy atom. The minimum absolute atomic E-state index is 0.125. The molecule has 0 N–H and O–H groups in total. The molecule has 118 valence electrons. The molecular weight excluding hydrogens is 336 g/mol. The summed E-state index contributed by atoms with van der Waals surface area (Å²) in [5, 5.41) is 0.551. The summed E-state index contributed by atoms with van der Waals surface area (Å²) in [5.74, 6) is -0.406. The Morgan fingerprint density at radius 2 is 1.78 bits per heavy atom. The highest BCUT2D eigenvalue weighted by Crippen LogP contribution is 2.14. The zero-order valence-corrected chi connectivity index (χ0v) is 13.6. The minimum Gasteiger partial charge on any atom is -0.269 e. The van der Waals surface area contributed by atoms with Crippen LogP contribution in [0.25, 0.3) is 5.65 Å². The van der Waals surface area contributed by atoms with Crippen LogP contribution in [0.5, 0.6) is 0 Å². The molecule has 23 heavy (non-hydrogen) atoms. The van der Waals surface area contributed by atoms with E-state index in [4.69, 9.17) is 11.6 Å². The molecule has 7 heteroatoms. The number of pyridine rings is 1. The maximum atomic E-state index is 12.3. The van der Waals surface area contributed by atoms with Gasteiger partial charge in [0.2, 0.25) is 0 Å². The van der Waals surface area contributed by atoms with E-state index in [1.54, 1.807) is 48.7 Å². The van der Waals surface area contributed by atoms with Crippen molar-refractivity contribution in [1.82, 2.24) is 9.38 Å². The normalized spacial score (nSPS) is 11.7. The van der Waals surface area contributed by atoms with Crippen LogP contribution in [0.3, 0.4) is 0 Å². The SMILES string of the molecule is O=c1cc(CS(=O)(=O)Cc2ccc(Cl)cc2)nc2ccccn12. The van der Waals surface area contributed by atoms with Gasteiger partial charge in [0.25, 0.3) is 5.56 Å². The van der Waals surface area contributed by atoms with Crippen molar-refractivity contribution < 1.29 is 8.42 Å². The summed E-state index contributed by atoms with van der Waals surface area (Å²) in [6.45, 7) is 0. The molecule has 3 aromatic rings. The zero-order valence-electron chi connectivity index (χ0n) is 12.0. The predicted molar refractivity (Wildman–Crippen MR) is 89.2 cm³/mol. The van der Waals surface area contributed by atoms with Gasteiger partial charge in [-0.05, 0) is 29.8 Å². The Hall–Kier alpha value is -2.18. The standard InChI is InChI=1S/C16H13ClN2O3S/c17-13-6-4-12(5-7-13)10-23(21,22)11-14-9-16(20)19-8-2-1-3-15(19)18-14/h1-9H,10-11H2. The Bertz CT molecular complexity index is 1010. The number of hydrogen-bond donors (Lipinski definition) is 0. The van der Waals surface area contributed by atoms with E-state index in [-0.39, 0.29) is 22.8 Å². The van der Waals surface area contributed by atoms with Crippen molar-refractivity contribution in [2.45, 2.75) is 11.5 Å². The van der Waals surface area contributed by atoms with Gasteiger partial charge in [-0.15, -0.1) is 0 Å². The van der Waals surface area contributed by atoms with Crippen molar-refractivity contribution in [3.8, 4) is 0 Å². The second-order valence-corrected chi connectivity index (χ2v) is 7.67. The topological polar surface area (TPSA) is 68.5 Å². The van der Waals surface area contributed by atoms with Crippen LogP contribution in [0.1, 0.15) is 11.3 Å². The predicted octanol–water partition coefficient (Wildman–Crippen LogP) is 2.46. The number of nitrogens with zero attached hydrogens (tertiary/aromatic N) is 2. The Morgan fingerprint density at radius 3 is 2.52 bits per heavy atom. The van der Waals surface area contributed by atoms with Gasteiger partial charge in [0.1, 0.15) is 5.65 Å². The zero-order chi connectivity index (χ0) is 16.4. The molecule has 3 rings (SSSR count). The summed E-state index contributed by atoms with van der Waals surface area (Å²) in [6, 6.07) is 13.0. The average Bonchev–Trinajstić information content (AvgIpc) is 2.49. The monoisotopic (exact) mass is 348 g/mol. The van der Waals surface area contributed by atoms with Crippen LogP contribution in [-0.4, -0.2) is 17.8 Å². The molecule has 2 heterocycles. The lowest BCUT2D eigenvalue weighted by molar-refractivity contribution is 0.594. The molecule has 5 nitrogen and oxygen atoms in total. The van der Waals surface area contributed by atoms with Crippen molar-refractivity contribution in [3.63, 3.8) is 0 Å². The summed E-state index contributed by atoms with van der Waals surface area (Å²) < 4.78 is 26.0. The van der Waals surface area contributed by atoms with E-state index in [9.17, 15) is 13.2 Å². The number of benzene rings is 1. The Labute approximate surface area is 138 Å². The van der Waals surface area contributed by atoms with Crippen LogP contribution in [0.15, 0.2) is 59.5 Å². The van der Waals surface area contributed by atoms with Crippen LogP contribution in [-0.2, 0) is 21.3 Å². The van der Waals surface area contributed by atoms with E-state index in [0.29, 0.717) is 16.2 Å². The van der Waals surface area contributed by atoms with Crippen LogP contribution < -0.4 is 5.56 Å². The highest BCUT2D eigenvalue weighted by atomic mass is 35.5. The molecular formula is C16H13ClN2O3S. The van der Waals surface area contributed by atoms with Gasteiger partial charge in [-0.1, -0.05) is 29.8 Å². The number of halogens is 1. The molecule has 0 aliphatic carbocycles. The molecule has 2 aromatic heterocycles. The molecule has 0 aliphatic heterocycles. The number of hydrogen-bond acceptors (Lipinski definition) is 4. The summed E-state index contributed by atoms with van der Waals surface area (Å²) in [7, 11) is -3.44. The molecule has 1 aromatic carbocycles. The third-order valence-electron chi connectivity index (χ3n) is 3.29. The molecule has 0 saturated carbocycles. The summed E-state index contributed by atoms with van der Waals surface area (Å²) >= 11 is 5.79. The van der Waals surface area contributed by atoms with E-state index in [0.717, 1.165) is 0 Å². The van der Waals surface area contributed by atoms with Crippen molar-refractivity contribution >= 4 is 27.1 Å². The molecule has 0 spiro atoms. The van der Waals surface area contributed by atoms with Gasteiger partial charge in [-0.3, -0.25) is 9.20 Å². The number of rotatable bonds is 4. The van der Waals surface area contributed by atoms with Gasteiger partial charge >= 0.3 is 0 Å². The first-order valence-corrected chi connectivity index (χ1v) is 9.05. The van der Waals surface area contributed by atoms with Crippen molar-refractivity contribution in [1.29, 1.82) is 0 Å². The fourth-order valence-electron chi connectivity index (χ4n) is 2.29. The molecule has 0 fully saturated rings. The van der Waals surface area contributed by atoms with E-state index in [1.807, 2.05) is 0 Å². The van der Waals surface area contributed by atoms with E-state index < -0.39 is 9.84 Å². The number of sulfone groups is 1. The molecule has 0 atom stereocenters. The second-order valence-electron chi connectivity index (χ2n) is 5.17. The van der Waals surface area contributed by atoms with E-state index >= 15 is 0 Å². The second kappa shape index (κ2) is 6.14. The van der Waals surface area contributed by atoms with E-state index in [2.05, 4.69) is 4.98 Å². The first-order chi connectivity index (χ1) is 10.9. The molecule has 0 radical (unpaired) electrons. The highest BCUT2D eigenvalue weighted by molar-refractivity contribution is 7.89. The molecule has 0 aliphatic rings. The molecule has 0 saturated heterocycles. The fourth-order valence-corrected chi connectivity index (χ4v) is 3.81. The minimum atomic E-state index is -3.44. The third kappa shape index (κ3) is 3.78. The first-order valence-electron chi connectivity index (χ1n) is 6.85. The Kier molecular flexibility index (Phi) is 4.19. The lowest BCUT2D eigenvalue weighted by Gasteiger charge is -2.06. The summed E-state index contributed by atoms with van der Waals surface area (Å²) in [4.78, 5) is 16.2. The van der Waals surface area contributed by atoms with E-state index in [1.165, 1.54) is 10.5 Å². The van der Waals surface area contributed by atoms with Crippen LogP contribution >= 0.6 is 11.6 Å². The maximum absolute atomic E-state index is 12.3. The lowest BCUT2D eigenvalue weighted by Crippen LogP contribution is -2.17. The molecule has 0 bridgehead atoms. The van der Waals surface area contributed by atoms with Crippen LogP contribution in [0.2, 0.25) is 5.02 Å². The summed E-state index contributed by atoms with van der Waals surface area (Å²) in [5.41, 5.74) is 1.02. The largest absolute Gasteiger partial charge is 0.269 e. The maximum Gasteiger partial charge on any atom is 0.258 e. The van der Waals surface area contributed by atoms with Gasteiger partial charge in [-0.2, -0.15) is 0 Å². The van der Waals surface area contributed by atoms with Gasteiger partial charge in [0.15, 0.2) is 9.84 Å². The fraction of sp³-hybridized carbons (Fsp3) is 0.125. The third-order valence-corrected chi connectivity index (χ3v) is 5.05. The number of fused-ring (bicyclic) bond motifs is 1. The van der Waals surface area contributed by atoms with Gasteiger partial charge in [0, 0.05) is 17.3 Å². The van der Waals surface area contributed by atoms with Crippen molar-refractivity contribution in [3.05, 3.63) is 81.4 Å². The first kappa shape index (κ1) is 15.7.